The van der Waals surface area contributed by atoms with Crippen LogP contribution in [0.5, 0.6) is 0 Å². The lowest BCUT2D eigenvalue weighted by Gasteiger charge is -2.31. The molecule has 0 unspecified atom stereocenters. The summed E-state index contributed by atoms with van der Waals surface area (Å²) in [5.41, 5.74) is 5.61. The first-order chi connectivity index (χ1) is 12.5. The van der Waals surface area contributed by atoms with E-state index in [9.17, 15) is 8.78 Å². The topological polar surface area (TPSA) is 21.1 Å². The Morgan fingerprint density at radius 3 is 2.77 bits per heavy atom. The van der Waals surface area contributed by atoms with Crippen LogP contribution in [-0.4, -0.2) is 16.3 Å². The quantitative estimate of drug-likeness (QED) is 0.601. The highest BCUT2D eigenvalue weighted by atomic mass is 19.3. The van der Waals surface area contributed by atoms with Crippen molar-refractivity contribution in [1.29, 1.82) is 0 Å². The molecule has 1 aromatic carbocycles. The summed E-state index contributed by atoms with van der Waals surface area (Å²) in [6, 6.07) is 8.29. The summed E-state index contributed by atoms with van der Waals surface area (Å²) in [5, 5.41) is 4.12. The van der Waals surface area contributed by atoms with Crippen molar-refractivity contribution < 1.29 is 8.78 Å². The van der Waals surface area contributed by atoms with Crippen LogP contribution in [-0.2, 0) is 13.0 Å². The highest BCUT2D eigenvalue weighted by Gasteiger charge is 2.21. The smallest absolute Gasteiger partial charge is 0.333 e. The SMILES string of the molecule is C=C(CC)CC(=C)c1nn(C(F)F)cc1CN1CCCc2ccccc21. The molecule has 0 saturated heterocycles. The predicted molar refractivity (Wildman–Crippen MR) is 102 cm³/mol. The van der Waals surface area contributed by atoms with E-state index in [0.29, 0.717) is 18.7 Å². The molecule has 1 aromatic heterocycles. The van der Waals surface area contributed by atoms with Crippen LogP contribution in [0.2, 0.25) is 0 Å². The zero-order valence-electron chi connectivity index (χ0n) is 15.2. The Labute approximate surface area is 153 Å². The van der Waals surface area contributed by atoms with Gasteiger partial charge in [-0.05, 0) is 42.9 Å². The first-order valence-electron chi connectivity index (χ1n) is 9.03. The number of halogens is 2. The second-order valence-electron chi connectivity index (χ2n) is 6.80. The molecule has 1 aliphatic heterocycles. The van der Waals surface area contributed by atoms with E-state index in [0.717, 1.165) is 47.2 Å². The summed E-state index contributed by atoms with van der Waals surface area (Å²) in [6.45, 7) is 8.92. The second kappa shape index (κ2) is 7.85. The van der Waals surface area contributed by atoms with Crippen molar-refractivity contribution in [3.8, 4) is 0 Å². The first-order valence-corrected chi connectivity index (χ1v) is 9.03. The Bertz CT molecular complexity index is 807. The molecule has 0 saturated carbocycles. The van der Waals surface area contributed by atoms with Crippen LogP contribution >= 0.6 is 0 Å². The van der Waals surface area contributed by atoms with E-state index in [-0.39, 0.29) is 0 Å². The maximum Gasteiger partial charge on any atom is 0.333 e. The molecule has 2 aromatic rings. The van der Waals surface area contributed by atoms with Crippen LogP contribution in [0.15, 0.2) is 49.2 Å². The number of para-hydroxylation sites is 1. The minimum Gasteiger partial charge on any atom is -0.367 e. The molecule has 5 heteroatoms. The van der Waals surface area contributed by atoms with E-state index in [1.807, 2.05) is 19.1 Å². The Balaban J connectivity index is 1.90. The first kappa shape index (κ1) is 18.4. The molecule has 0 amide bonds. The molecule has 1 aliphatic rings. The van der Waals surface area contributed by atoms with E-state index < -0.39 is 6.55 Å². The third-order valence-electron chi connectivity index (χ3n) is 4.87. The van der Waals surface area contributed by atoms with Gasteiger partial charge in [0, 0.05) is 30.5 Å². The number of rotatable bonds is 7. The fourth-order valence-corrected chi connectivity index (χ4v) is 3.43. The van der Waals surface area contributed by atoms with Crippen molar-refractivity contribution in [2.75, 3.05) is 11.4 Å². The van der Waals surface area contributed by atoms with Crippen molar-refractivity contribution in [3.63, 3.8) is 0 Å². The average molecular weight is 357 g/mol. The summed E-state index contributed by atoms with van der Waals surface area (Å²) in [7, 11) is 0. The Morgan fingerprint density at radius 2 is 2.04 bits per heavy atom. The zero-order valence-corrected chi connectivity index (χ0v) is 15.2. The minimum absolute atomic E-state index is 0.552. The lowest BCUT2D eigenvalue weighted by molar-refractivity contribution is 0.0564. The maximum absolute atomic E-state index is 13.2. The largest absolute Gasteiger partial charge is 0.367 e. The van der Waals surface area contributed by atoms with Crippen LogP contribution < -0.4 is 4.90 Å². The van der Waals surface area contributed by atoms with Gasteiger partial charge in [-0.1, -0.05) is 43.9 Å². The number of nitrogens with zero attached hydrogens (tertiary/aromatic N) is 3. The molecule has 138 valence electrons. The molecule has 0 bridgehead atoms. The Hall–Kier alpha value is -2.43. The van der Waals surface area contributed by atoms with Crippen molar-refractivity contribution in [1.82, 2.24) is 9.78 Å². The molecular formula is C21H25F2N3. The van der Waals surface area contributed by atoms with Gasteiger partial charge in [-0.2, -0.15) is 13.9 Å². The molecule has 0 radical (unpaired) electrons. The van der Waals surface area contributed by atoms with Gasteiger partial charge in [0.2, 0.25) is 0 Å². The van der Waals surface area contributed by atoms with E-state index in [4.69, 9.17) is 0 Å². The third kappa shape index (κ3) is 3.87. The van der Waals surface area contributed by atoms with Gasteiger partial charge in [0.05, 0.1) is 5.69 Å². The van der Waals surface area contributed by atoms with E-state index in [1.165, 1.54) is 17.4 Å². The van der Waals surface area contributed by atoms with Gasteiger partial charge in [0.15, 0.2) is 0 Å². The number of hydrogen-bond donors (Lipinski definition) is 0. The number of alkyl halides is 2. The van der Waals surface area contributed by atoms with E-state index >= 15 is 0 Å². The highest BCUT2D eigenvalue weighted by molar-refractivity contribution is 5.66. The van der Waals surface area contributed by atoms with Crippen LogP contribution in [0.25, 0.3) is 5.57 Å². The number of benzene rings is 1. The fourth-order valence-electron chi connectivity index (χ4n) is 3.43. The van der Waals surface area contributed by atoms with Crippen molar-refractivity contribution in [2.24, 2.45) is 0 Å². The van der Waals surface area contributed by atoms with E-state index in [1.54, 1.807) is 0 Å². The third-order valence-corrected chi connectivity index (χ3v) is 4.87. The number of anilines is 1. The predicted octanol–water partition coefficient (Wildman–Crippen LogP) is 5.60. The maximum atomic E-state index is 13.2. The minimum atomic E-state index is -2.65. The van der Waals surface area contributed by atoms with E-state index in [2.05, 4.69) is 35.3 Å². The lowest BCUT2D eigenvalue weighted by Crippen LogP contribution is -2.28. The molecule has 0 aliphatic carbocycles. The van der Waals surface area contributed by atoms with Gasteiger partial charge in [-0.15, -0.1) is 0 Å². The van der Waals surface area contributed by atoms with Crippen molar-refractivity contribution >= 4 is 11.3 Å². The second-order valence-corrected chi connectivity index (χ2v) is 6.80. The van der Waals surface area contributed by atoms with Gasteiger partial charge in [-0.3, -0.25) is 0 Å². The highest BCUT2D eigenvalue weighted by Crippen LogP contribution is 2.31. The summed E-state index contributed by atoms with van der Waals surface area (Å²) >= 11 is 0. The fraction of sp³-hybridized carbons (Fsp3) is 0.381. The molecule has 0 atom stereocenters. The molecule has 2 heterocycles. The summed E-state index contributed by atoms with van der Waals surface area (Å²) in [4.78, 5) is 2.25. The zero-order chi connectivity index (χ0) is 18.7. The van der Waals surface area contributed by atoms with Crippen LogP contribution in [0.1, 0.15) is 49.6 Å². The van der Waals surface area contributed by atoms with Gasteiger partial charge < -0.3 is 4.90 Å². The number of fused-ring (bicyclic) bond motifs is 1. The lowest BCUT2D eigenvalue weighted by atomic mass is 9.99. The Kier molecular flexibility index (Phi) is 5.55. The monoisotopic (exact) mass is 357 g/mol. The molecule has 26 heavy (non-hydrogen) atoms. The molecular weight excluding hydrogens is 332 g/mol. The van der Waals surface area contributed by atoms with Crippen LogP contribution in [0, 0.1) is 0 Å². The number of hydrogen-bond acceptors (Lipinski definition) is 2. The number of allylic oxidation sites excluding steroid dienone is 2. The van der Waals surface area contributed by atoms with Crippen molar-refractivity contribution in [3.05, 3.63) is 66.0 Å². The molecule has 3 nitrogen and oxygen atoms in total. The normalized spacial score (nSPS) is 13.8. The molecule has 0 N–H and O–H groups in total. The summed E-state index contributed by atoms with van der Waals surface area (Å²) in [6.07, 6.45) is 4.99. The average Bonchev–Trinajstić information content (AvgIpc) is 3.06. The molecule has 0 spiro atoms. The van der Waals surface area contributed by atoms with Crippen LogP contribution in [0.4, 0.5) is 14.5 Å². The number of aryl methyl sites for hydroxylation is 1. The van der Waals surface area contributed by atoms with Crippen molar-refractivity contribution in [2.45, 2.75) is 45.7 Å². The molecule has 0 fully saturated rings. The standard InChI is InChI=1S/C21H25F2N3/c1-4-15(2)12-16(3)20-18(14-26(24-20)21(22)23)13-25-11-7-9-17-8-5-6-10-19(17)25/h5-6,8,10,14,21H,2-4,7,9,11-13H2,1H3. The molecule has 3 rings (SSSR count). The van der Waals surface area contributed by atoms with Gasteiger partial charge >= 0.3 is 6.55 Å². The number of aromatic nitrogens is 2. The van der Waals surface area contributed by atoms with Gasteiger partial charge in [0.25, 0.3) is 0 Å². The summed E-state index contributed by atoms with van der Waals surface area (Å²) < 4.78 is 27.2. The van der Waals surface area contributed by atoms with Gasteiger partial charge in [0.1, 0.15) is 0 Å². The van der Waals surface area contributed by atoms with Gasteiger partial charge in [-0.25, -0.2) is 4.68 Å². The van der Waals surface area contributed by atoms with Crippen LogP contribution in [0.3, 0.4) is 0 Å². The summed E-state index contributed by atoms with van der Waals surface area (Å²) in [5.74, 6) is 0. The Morgan fingerprint density at radius 1 is 1.27 bits per heavy atom.